The topological polar surface area (TPSA) is 46.9 Å². The zero-order valence-electron chi connectivity index (χ0n) is 15.8. The molecule has 29 heavy (non-hydrogen) atoms. The van der Waals surface area contributed by atoms with Crippen molar-refractivity contribution in [2.75, 3.05) is 0 Å². The van der Waals surface area contributed by atoms with Gasteiger partial charge < -0.3 is 5.32 Å². The number of nitrogens with one attached hydrogen (secondary N) is 1. The third kappa shape index (κ3) is 3.33. The number of aromatic nitrogens is 2. The Balaban J connectivity index is 1.36. The average Bonchev–Trinajstić information content (AvgIpc) is 3.47. The standard InChI is InChI=1S/C23H21F2N3O/c24-19-8-5-16(11-20(19)25)15-3-6-18(7-4-15)28-13-26-12-22(28)23(29)27-21-10-14-1-2-17(21)9-14/h3-8,11-14,17,21H,1-2,9-10H2,(H,27,29). The van der Waals surface area contributed by atoms with Crippen LogP contribution in [0, 0.1) is 23.5 Å². The van der Waals surface area contributed by atoms with Crippen LogP contribution in [0.4, 0.5) is 8.78 Å². The van der Waals surface area contributed by atoms with Crippen molar-refractivity contribution in [2.45, 2.75) is 31.7 Å². The van der Waals surface area contributed by atoms with Crippen LogP contribution in [0.1, 0.15) is 36.2 Å². The summed E-state index contributed by atoms with van der Waals surface area (Å²) in [5.74, 6) is -0.477. The van der Waals surface area contributed by atoms with Crippen LogP contribution in [0.15, 0.2) is 55.0 Å². The highest BCUT2D eigenvalue weighted by Gasteiger charge is 2.40. The van der Waals surface area contributed by atoms with Crippen LogP contribution in [-0.2, 0) is 0 Å². The molecule has 148 valence electrons. The monoisotopic (exact) mass is 393 g/mol. The summed E-state index contributed by atoms with van der Waals surface area (Å²) in [6.07, 6.45) is 8.00. The lowest BCUT2D eigenvalue weighted by Crippen LogP contribution is -2.39. The molecule has 0 saturated heterocycles. The van der Waals surface area contributed by atoms with Gasteiger partial charge in [-0.05, 0) is 66.5 Å². The van der Waals surface area contributed by atoms with Crippen molar-refractivity contribution in [3.05, 3.63) is 72.3 Å². The molecule has 2 aromatic carbocycles. The van der Waals surface area contributed by atoms with E-state index in [1.54, 1.807) is 23.2 Å². The van der Waals surface area contributed by atoms with E-state index in [9.17, 15) is 13.6 Å². The molecule has 2 bridgehead atoms. The first-order chi connectivity index (χ1) is 14.1. The van der Waals surface area contributed by atoms with E-state index in [4.69, 9.17) is 0 Å². The summed E-state index contributed by atoms with van der Waals surface area (Å²) < 4.78 is 28.4. The van der Waals surface area contributed by atoms with Crippen molar-refractivity contribution in [3.8, 4) is 16.8 Å². The second-order valence-corrected chi connectivity index (χ2v) is 8.08. The van der Waals surface area contributed by atoms with Gasteiger partial charge in [-0.25, -0.2) is 13.8 Å². The summed E-state index contributed by atoms with van der Waals surface area (Å²) >= 11 is 0. The van der Waals surface area contributed by atoms with E-state index in [1.807, 2.05) is 24.3 Å². The first-order valence-electron chi connectivity index (χ1n) is 9.97. The van der Waals surface area contributed by atoms with E-state index < -0.39 is 11.6 Å². The fourth-order valence-electron chi connectivity index (χ4n) is 4.82. The highest BCUT2D eigenvalue weighted by atomic mass is 19.2. The number of benzene rings is 2. The fraction of sp³-hybridized carbons (Fsp3) is 0.304. The summed E-state index contributed by atoms with van der Waals surface area (Å²) in [5.41, 5.74) is 2.64. The molecule has 3 unspecified atom stereocenters. The number of halogens is 2. The zero-order valence-corrected chi connectivity index (χ0v) is 15.8. The van der Waals surface area contributed by atoms with Crippen molar-refractivity contribution < 1.29 is 13.6 Å². The number of amides is 1. The third-order valence-corrected chi connectivity index (χ3v) is 6.32. The lowest BCUT2D eigenvalue weighted by Gasteiger charge is -2.23. The van der Waals surface area contributed by atoms with Gasteiger partial charge >= 0.3 is 0 Å². The molecule has 2 fully saturated rings. The van der Waals surface area contributed by atoms with Crippen LogP contribution < -0.4 is 5.32 Å². The number of fused-ring (bicyclic) bond motifs is 2. The molecule has 1 amide bonds. The molecule has 4 nitrogen and oxygen atoms in total. The predicted octanol–water partition coefficient (Wildman–Crippen LogP) is 4.74. The summed E-state index contributed by atoms with van der Waals surface area (Å²) in [6.45, 7) is 0. The van der Waals surface area contributed by atoms with Gasteiger partial charge in [-0.2, -0.15) is 0 Å². The highest BCUT2D eigenvalue weighted by Crippen LogP contribution is 2.44. The van der Waals surface area contributed by atoms with Gasteiger partial charge in [-0.3, -0.25) is 9.36 Å². The summed E-state index contributed by atoms with van der Waals surface area (Å²) in [5, 5.41) is 3.19. The Kier molecular flexibility index (Phi) is 4.42. The van der Waals surface area contributed by atoms with E-state index in [0.717, 1.165) is 29.7 Å². The Morgan fingerprint density at radius 1 is 1.00 bits per heavy atom. The van der Waals surface area contributed by atoms with Crippen molar-refractivity contribution in [1.29, 1.82) is 0 Å². The number of carbonyl (C=O) groups is 1. The van der Waals surface area contributed by atoms with Crippen LogP contribution in [0.5, 0.6) is 0 Å². The molecule has 1 N–H and O–H groups in total. The third-order valence-electron chi connectivity index (χ3n) is 6.32. The van der Waals surface area contributed by atoms with Crippen molar-refractivity contribution >= 4 is 5.91 Å². The van der Waals surface area contributed by atoms with Gasteiger partial charge in [0.2, 0.25) is 0 Å². The molecule has 5 rings (SSSR count). The molecule has 2 saturated carbocycles. The highest BCUT2D eigenvalue weighted by molar-refractivity contribution is 5.93. The Bertz CT molecular complexity index is 1060. The molecule has 0 radical (unpaired) electrons. The molecule has 2 aliphatic rings. The molecule has 6 heteroatoms. The molecule has 3 atom stereocenters. The van der Waals surface area contributed by atoms with Crippen molar-refractivity contribution in [1.82, 2.24) is 14.9 Å². The Labute approximate surface area is 167 Å². The van der Waals surface area contributed by atoms with Gasteiger partial charge in [0.25, 0.3) is 5.91 Å². The van der Waals surface area contributed by atoms with Crippen LogP contribution in [0.3, 0.4) is 0 Å². The normalized spacial score (nSPS) is 22.8. The van der Waals surface area contributed by atoms with Gasteiger partial charge in [-0.15, -0.1) is 0 Å². The zero-order chi connectivity index (χ0) is 20.0. The molecule has 1 aromatic heterocycles. The maximum atomic E-state index is 13.5. The smallest absolute Gasteiger partial charge is 0.270 e. The Morgan fingerprint density at radius 2 is 1.79 bits per heavy atom. The minimum Gasteiger partial charge on any atom is -0.348 e. The number of rotatable bonds is 4. The minimum absolute atomic E-state index is 0.107. The van der Waals surface area contributed by atoms with Crippen LogP contribution in [-0.4, -0.2) is 21.5 Å². The van der Waals surface area contributed by atoms with Gasteiger partial charge in [0.05, 0.1) is 12.5 Å². The van der Waals surface area contributed by atoms with Gasteiger partial charge in [0.1, 0.15) is 5.69 Å². The van der Waals surface area contributed by atoms with E-state index in [0.29, 0.717) is 17.2 Å². The van der Waals surface area contributed by atoms with Crippen LogP contribution in [0.25, 0.3) is 16.8 Å². The number of hydrogen-bond donors (Lipinski definition) is 1. The maximum absolute atomic E-state index is 13.5. The Morgan fingerprint density at radius 3 is 2.48 bits per heavy atom. The summed E-state index contributed by atoms with van der Waals surface area (Å²) in [6, 6.07) is 11.4. The minimum atomic E-state index is -0.874. The number of carbonyl (C=O) groups excluding carboxylic acids is 1. The lowest BCUT2D eigenvalue weighted by atomic mass is 9.95. The first kappa shape index (κ1) is 18.0. The lowest BCUT2D eigenvalue weighted by molar-refractivity contribution is 0.0916. The van der Waals surface area contributed by atoms with E-state index >= 15 is 0 Å². The summed E-state index contributed by atoms with van der Waals surface area (Å²) in [4.78, 5) is 17.0. The molecular formula is C23H21F2N3O. The second kappa shape index (κ2) is 7.10. The van der Waals surface area contributed by atoms with E-state index in [1.165, 1.54) is 25.3 Å². The van der Waals surface area contributed by atoms with Crippen LogP contribution >= 0.6 is 0 Å². The van der Waals surface area contributed by atoms with E-state index in [-0.39, 0.29) is 11.9 Å². The molecule has 0 spiro atoms. The van der Waals surface area contributed by atoms with Gasteiger partial charge in [-0.1, -0.05) is 24.6 Å². The fourth-order valence-corrected chi connectivity index (χ4v) is 4.82. The van der Waals surface area contributed by atoms with Crippen LogP contribution in [0.2, 0.25) is 0 Å². The van der Waals surface area contributed by atoms with E-state index in [2.05, 4.69) is 10.3 Å². The number of imidazole rings is 1. The first-order valence-corrected chi connectivity index (χ1v) is 9.97. The molecule has 3 aromatic rings. The average molecular weight is 393 g/mol. The molecule has 1 heterocycles. The number of hydrogen-bond acceptors (Lipinski definition) is 2. The van der Waals surface area contributed by atoms with Crippen molar-refractivity contribution in [3.63, 3.8) is 0 Å². The largest absolute Gasteiger partial charge is 0.348 e. The number of nitrogens with zero attached hydrogens (tertiary/aromatic N) is 2. The molecule has 2 aliphatic carbocycles. The van der Waals surface area contributed by atoms with Gasteiger partial charge in [0.15, 0.2) is 11.6 Å². The predicted molar refractivity (Wildman–Crippen MR) is 106 cm³/mol. The maximum Gasteiger partial charge on any atom is 0.270 e. The molecule has 0 aliphatic heterocycles. The second-order valence-electron chi connectivity index (χ2n) is 8.08. The summed E-state index contributed by atoms with van der Waals surface area (Å²) in [7, 11) is 0. The SMILES string of the molecule is O=C(NC1CC2CCC1C2)c1cncn1-c1ccc(-c2ccc(F)c(F)c2)cc1. The molecular weight excluding hydrogens is 372 g/mol. The Hall–Kier alpha value is -3.02. The van der Waals surface area contributed by atoms with Crippen molar-refractivity contribution in [2.24, 2.45) is 11.8 Å². The quantitative estimate of drug-likeness (QED) is 0.696. The van der Waals surface area contributed by atoms with Gasteiger partial charge in [0, 0.05) is 11.7 Å².